The lowest BCUT2D eigenvalue weighted by atomic mass is 10.3. The number of thioether (sulfide) groups is 1. The van der Waals surface area contributed by atoms with E-state index in [1.54, 1.807) is 12.1 Å². The summed E-state index contributed by atoms with van der Waals surface area (Å²) in [5, 5.41) is 0. The number of nitrogens with zero attached hydrogens (tertiary/aromatic N) is 1. The lowest BCUT2D eigenvalue weighted by molar-refractivity contribution is -0.127. The Kier molecular flexibility index (Phi) is 4.42. The second-order valence-electron chi connectivity index (χ2n) is 4.12. The maximum Gasteiger partial charge on any atom is 0.222 e. The molecule has 0 unspecified atom stereocenters. The van der Waals surface area contributed by atoms with E-state index in [2.05, 4.69) is 0 Å². The summed E-state index contributed by atoms with van der Waals surface area (Å²) in [4.78, 5) is 14.0. The number of likely N-dealkylation sites (tertiary alicyclic amines) is 1. The first-order valence-electron chi connectivity index (χ1n) is 5.92. The molecular formula is C13H16FNOS. The van der Waals surface area contributed by atoms with Crippen molar-refractivity contribution in [3.63, 3.8) is 0 Å². The maximum atomic E-state index is 13.3. The first kappa shape index (κ1) is 12.4. The molecule has 1 aliphatic rings. The molecule has 2 nitrogen and oxygen atoms in total. The molecule has 4 heteroatoms. The molecule has 17 heavy (non-hydrogen) atoms. The van der Waals surface area contributed by atoms with Gasteiger partial charge in [0.05, 0.1) is 0 Å². The van der Waals surface area contributed by atoms with Crippen LogP contribution in [0.4, 0.5) is 4.39 Å². The summed E-state index contributed by atoms with van der Waals surface area (Å²) in [7, 11) is 0. The summed E-state index contributed by atoms with van der Waals surface area (Å²) in [6.07, 6.45) is 2.60. The van der Waals surface area contributed by atoms with Crippen molar-refractivity contribution in [2.75, 3.05) is 18.8 Å². The molecule has 1 aliphatic heterocycles. The van der Waals surface area contributed by atoms with E-state index in [0.717, 1.165) is 31.7 Å². The largest absolute Gasteiger partial charge is 0.343 e. The summed E-state index contributed by atoms with van der Waals surface area (Å²) in [5.74, 6) is 0.959. The van der Waals surface area contributed by atoms with Crippen molar-refractivity contribution in [3.05, 3.63) is 30.1 Å². The number of carbonyl (C=O) groups is 1. The Balaban J connectivity index is 1.70. The van der Waals surface area contributed by atoms with Crippen molar-refractivity contribution in [2.45, 2.75) is 24.2 Å². The van der Waals surface area contributed by atoms with Crippen LogP contribution in [0.15, 0.2) is 29.2 Å². The minimum atomic E-state index is -0.158. The molecule has 0 N–H and O–H groups in total. The Hall–Kier alpha value is -1.03. The fourth-order valence-corrected chi connectivity index (χ4v) is 2.81. The fourth-order valence-electron chi connectivity index (χ4n) is 1.94. The van der Waals surface area contributed by atoms with Crippen LogP contribution in [0, 0.1) is 5.82 Å². The molecule has 0 atom stereocenters. The molecule has 0 aliphatic carbocycles. The van der Waals surface area contributed by atoms with E-state index in [0.29, 0.717) is 11.3 Å². The molecule has 1 aromatic rings. The summed E-state index contributed by atoms with van der Waals surface area (Å²) >= 11 is 1.52. The molecule has 2 rings (SSSR count). The van der Waals surface area contributed by atoms with Crippen LogP contribution in [-0.2, 0) is 4.79 Å². The van der Waals surface area contributed by atoms with Crippen molar-refractivity contribution in [2.24, 2.45) is 0 Å². The number of carbonyl (C=O) groups excluding carboxylic acids is 1. The molecule has 0 bridgehead atoms. The van der Waals surface area contributed by atoms with Crippen LogP contribution in [0.3, 0.4) is 0 Å². The van der Waals surface area contributed by atoms with Crippen molar-refractivity contribution < 1.29 is 9.18 Å². The molecule has 1 heterocycles. The van der Waals surface area contributed by atoms with Gasteiger partial charge in [-0.05, 0) is 30.7 Å². The standard InChI is InChI=1S/C13H16FNOS/c14-11-5-1-2-6-12(11)17-10-4-9-15-8-3-7-13(15)16/h1-2,5-6H,3-4,7-10H2. The van der Waals surface area contributed by atoms with Gasteiger partial charge in [-0.15, -0.1) is 11.8 Å². The summed E-state index contributed by atoms with van der Waals surface area (Å²) < 4.78 is 13.3. The van der Waals surface area contributed by atoms with Gasteiger partial charge in [0.25, 0.3) is 0 Å². The number of hydrogen-bond donors (Lipinski definition) is 0. The van der Waals surface area contributed by atoms with E-state index in [4.69, 9.17) is 0 Å². The van der Waals surface area contributed by atoms with E-state index in [1.165, 1.54) is 17.8 Å². The molecular weight excluding hydrogens is 237 g/mol. The van der Waals surface area contributed by atoms with Crippen LogP contribution in [0.2, 0.25) is 0 Å². The van der Waals surface area contributed by atoms with E-state index in [1.807, 2.05) is 11.0 Å². The summed E-state index contributed by atoms with van der Waals surface area (Å²) in [6.45, 7) is 1.70. The van der Waals surface area contributed by atoms with E-state index in [-0.39, 0.29) is 11.7 Å². The fraction of sp³-hybridized carbons (Fsp3) is 0.462. The van der Waals surface area contributed by atoms with Crippen LogP contribution < -0.4 is 0 Å². The zero-order chi connectivity index (χ0) is 12.1. The van der Waals surface area contributed by atoms with Crippen LogP contribution in [0.1, 0.15) is 19.3 Å². The van der Waals surface area contributed by atoms with Gasteiger partial charge in [0, 0.05) is 24.4 Å². The third-order valence-electron chi connectivity index (χ3n) is 2.84. The van der Waals surface area contributed by atoms with Crippen LogP contribution in [-0.4, -0.2) is 29.6 Å². The highest BCUT2D eigenvalue weighted by Gasteiger charge is 2.18. The van der Waals surface area contributed by atoms with Gasteiger partial charge in [-0.3, -0.25) is 4.79 Å². The Morgan fingerprint density at radius 3 is 2.88 bits per heavy atom. The molecule has 0 aromatic heterocycles. The molecule has 0 radical (unpaired) electrons. The molecule has 0 saturated carbocycles. The van der Waals surface area contributed by atoms with Crippen LogP contribution in [0.5, 0.6) is 0 Å². The lowest BCUT2D eigenvalue weighted by Gasteiger charge is -2.14. The third kappa shape index (κ3) is 3.46. The predicted molar refractivity (Wildman–Crippen MR) is 67.6 cm³/mol. The number of amides is 1. The van der Waals surface area contributed by atoms with Gasteiger partial charge in [0.15, 0.2) is 0 Å². The zero-order valence-electron chi connectivity index (χ0n) is 9.69. The maximum absolute atomic E-state index is 13.3. The SMILES string of the molecule is O=C1CCCN1CCCSc1ccccc1F. The molecule has 0 spiro atoms. The predicted octanol–water partition coefficient (Wildman–Crippen LogP) is 2.93. The molecule has 92 valence electrons. The number of benzene rings is 1. The Bertz CT molecular complexity index is 397. The zero-order valence-corrected chi connectivity index (χ0v) is 10.5. The summed E-state index contributed by atoms with van der Waals surface area (Å²) in [6, 6.07) is 6.81. The molecule has 1 aromatic carbocycles. The summed E-state index contributed by atoms with van der Waals surface area (Å²) in [5.41, 5.74) is 0. The van der Waals surface area contributed by atoms with E-state index in [9.17, 15) is 9.18 Å². The Labute approximate surface area is 105 Å². The highest BCUT2D eigenvalue weighted by Crippen LogP contribution is 2.22. The van der Waals surface area contributed by atoms with Crippen molar-refractivity contribution >= 4 is 17.7 Å². The normalized spacial score (nSPS) is 15.6. The van der Waals surface area contributed by atoms with Gasteiger partial charge in [0.2, 0.25) is 5.91 Å². The molecule has 1 saturated heterocycles. The molecule has 1 fully saturated rings. The highest BCUT2D eigenvalue weighted by molar-refractivity contribution is 7.99. The van der Waals surface area contributed by atoms with E-state index < -0.39 is 0 Å². The van der Waals surface area contributed by atoms with E-state index >= 15 is 0 Å². The average Bonchev–Trinajstić information content (AvgIpc) is 2.73. The van der Waals surface area contributed by atoms with Crippen LogP contribution in [0.25, 0.3) is 0 Å². The number of rotatable bonds is 5. The highest BCUT2D eigenvalue weighted by atomic mass is 32.2. The van der Waals surface area contributed by atoms with Crippen molar-refractivity contribution in [1.29, 1.82) is 0 Å². The quantitative estimate of drug-likeness (QED) is 0.594. The van der Waals surface area contributed by atoms with Crippen LogP contribution >= 0.6 is 11.8 Å². The Morgan fingerprint density at radius 1 is 1.35 bits per heavy atom. The number of halogens is 1. The first-order valence-corrected chi connectivity index (χ1v) is 6.91. The van der Waals surface area contributed by atoms with Gasteiger partial charge in [-0.1, -0.05) is 12.1 Å². The van der Waals surface area contributed by atoms with Gasteiger partial charge in [-0.2, -0.15) is 0 Å². The topological polar surface area (TPSA) is 20.3 Å². The van der Waals surface area contributed by atoms with Gasteiger partial charge < -0.3 is 4.90 Å². The second kappa shape index (κ2) is 6.05. The minimum absolute atomic E-state index is 0.158. The van der Waals surface area contributed by atoms with Gasteiger partial charge >= 0.3 is 0 Å². The second-order valence-corrected chi connectivity index (χ2v) is 5.25. The van der Waals surface area contributed by atoms with Gasteiger partial charge in [-0.25, -0.2) is 4.39 Å². The third-order valence-corrected chi connectivity index (χ3v) is 3.97. The molecule has 1 amide bonds. The number of hydrogen-bond acceptors (Lipinski definition) is 2. The lowest BCUT2D eigenvalue weighted by Crippen LogP contribution is -2.25. The van der Waals surface area contributed by atoms with Crippen molar-refractivity contribution in [3.8, 4) is 0 Å². The smallest absolute Gasteiger partial charge is 0.222 e. The Morgan fingerprint density at radius 2 is 2.18 bits per heavy atom. The van der Waals surface area contributed by atoms with Gasteiger partial charge in [0.1, 0.15) is 5.82 Å². The minimum Gasteiger partial charge on any atom is -0.343 e. The van der Waals surface area contributed by atoms with Crippen molar-refractivity contribution in [1.82, 2.24) is 4.90 Å². The monoisotopic (exact) mass is 253 g/mol. The first-order chi connectivity index (χ1) is 8.27. The average molecular weight is 253 g/mol.